The first-order valence-corrected chi connectivity index (χ1v) is 7.30. The van der Waals surface area contributed by atoms with Crippen LogP contribution in [-0.2, 0) is 11.3 Å². The molecule has 3 heteroatoms. The van der Waals surface area contributed by atoms with Crippen LogP contribution in [0.3, 0.4) is 0 Å². The molecule has 108 valence electrons. The van der Waals surface area contributed by atoms with E-state index in [9.17, 15) is 0 Å². The Kier molecular flexibility index (Phi) is 4.69. The van der Waals surface area contributed by atoms with Gasteiger partial charge in [-0.2, -0.15) is 0 Å². The highest BCUT2D eigenvalue weighted by Gasteiger charge is 2.36. The molecule has 1 N–H and O–H groups in total. The van der Waals surface area contributed by atoms with Gasteiger partial charge in [-0.1, -0.05) is 20.8 Å². The highest BCUT2D eigenvalue weighted by molar-refractivity contribution is 5.17. The molecule has 1 aromatic heterocycles. The minimum absolute atomic E-state index is 0.260. The van der Waals surface area contributed by atoms with Crippen molar-refractivity contribution in [3.05, 3.63) is 23.7 Å². The molecule has 0 aliphatic heterocycles. The van der Waals surface area contributed by atoms with Gasteiger partial charge in [-0.25, -0.2) is 0 Å². The zero-order chi connectivity index (χ0) is 13.9. The van der Waals surface area contributed by atoms with Crippen LogP contribution in [0, 0.1) is 11.3 Å². The lowest BCUT2D eigenvalue weighted by Gasteiger charge is -2.24. The average Bonchev–Trinajstić information content (AvgIpc) is 2.89. The monoisotopic (exact) mass is 265 g/mol. The molecule has 1 aliphatic rings. The van der Waals surface area contributed by atoms with E-state index in [0.29, 0.717) is 5.92 Å². The van der Waals surface area contributed by atoms with Crippen molar-refractivity contribution < 1.29 is 9.15 Å². The first-order valence-electron chi connectivity index (χ1n) is 7.30. The average molecular weight is 265 g/mol. The lowest BCUT2D eigenvalue weighted by Crippen LogP contribution is -2.30. The molecule has 0 spiro atoms. The molecular weight excluding hydrogens is 238 g/mol. The fraction of sp³-hybridized carbons (Fsp3) is 0.750. The van der Waals surface area contributed by atoms with E-state index in [4.69, 9.17) is 9.15 Å². The molecule has 0 amide bonds. The van der Waals surface area contributed by atoms with E-state index in [1.54, 1.807) is 7.11 Å². The molecule has 1 aliphatic carbocycles. The van der Waals surface area contributed by atoms with Crippen LogP contribution >= 0.6 is 0 Å². The molecule has 1 aromatic rings. The van der Waals surface area contributed by atoms with Gasteiger partial charge in [0, 0.05) is 26.2 Å². The van der Waals surface area contributed by atoms with Gasteiger partial charge in [0.2, 0.25) is 0 Å². The van der Waals surface area contributed by atoms with Gasteiger partial charge in [0.15, 0.2) is 0 Å². The van der Waals surface area contributed by atoms with Crippen molar-refractivity contribution in [3.8, 4) is 0 Å². The lowest BCUT2D eigenvalue weighted by molar-refractivity contribution is 0.150. The van der Waals surface area contributed by atoms with Gasteiger partial charge >= 0.3 is 0 Å². The van der Waals surface area contributed by atoms with E-state index >= 15 is 0 Å². The molecule has 19 heavy (non-hydrogen) atoms. The molecule has 0 saturated heterocycles. The topological polar surface area (TPSA) is 34.4 Å². The molecule has 1 saturated carbocycles. The second-order valence-corrected chi connectivity index (χ2v) is 6.63. The molecule has 0 radical (unpaired) electrons. The van der Waals surface area contributed by atoms with Crippen LogP contribution in [0.5, 0.6) is 0 Å². The molecule has 3 nitrogen and oxygen atoms in total. The van der Waals surface area contributed by atoms with Crippen LogP contribution in [0.15, 0.2) is 16.5 Å². The lowest BCUT2D eigenvalue weighted by atomic mass is 9.90. The number of methoxy groups -OCH3 is 1. The quantitative estimate of drug-likeness (QED) is 0.780. The third-order valence-electron chi connectivity index (χ3n) is 4.04. The number of furan rings is 1. The van der Waals surface area contributed by atoms with E-state index in [1.165, 1.54) is 12.2 Å². The Bertz CT molecular complexity index is 397. The normalized spacial score (nSPS) is 22.7. The van der Waals surface area contributed by atoms with Gasteiger partial charge in [-0.3, -0.25) is 0 Å². The predicted octanol–water partition coefficient (Wildman–Crippen LogP) is 3.56. The maximum Gasteiger partial charge on any atom is 0.117 e. The molecule has 2 unspecified atom stereocenters. The fourth-order valence-corrected chi connectivity index (χ4v) is 2.40. The van der Waals surface area contributed by atoms with Crippen molar-refractivity contribution in [3.63, 3.8) is 0 Å². The smallest absolute Gasteiger partial charge is 0.117 e. The summed E-state index contributed by atoms with van der Waals surface area (Å²) in [4.78, 5) is 0. The van der Waals surface area contributed by atoms with E-state index in [-0.39, 0.29) is 5.41 Å². The third-order valence-corrected chi connectivity index (χ3v) is 4.04. The number of hydrogen-bond donors (Lipinski definition) is 1. The molecule has 2 atom stereocenters. The Balaban J connectivity index is 1.72. The summed E-state index contributed by atoms with van der Waals surface area (Å²) in [7, 11) is 1.76. The van der Waals surface area contributed by atoms with E-state index < -0.39 is 0 Å². The van der Waals surface area contributed by atoms with Crippen LogP contribution in [0.2, 0.25) is 0 Å². The molecule has 1 heterocycles. The molecule has 0 aromatic carbocycles. The van der Waals surface area contributed by atoms with E-state index in [2.05, 4.69) is 38.2 Å². The molecule has 0 bridgehead atoms. The van der Waals surface area contributed by atoms with Crippen molar-refractivity contribution in [2.75, 3.05) is 20.3 Å². The summed E-state index contributed by atoms with van der Waals surface area (Å²) in [6.45, 7) is 9.42. The highest BCUT2D eigenvalue weighted by Crippen LogP contribution is 2.47. The Morgan fingerprint density at radius 2 is 2.16 bits per heavy atom. The van der Waals surface area contributed by atoms with Crippen molar-refractivity contribution >= 4 is 0 Å². The molecule has 1 fully saturated rings. The minimum atomic E-state index is 0.260. The zero-order valence-electron chi connectivity index (χ0n) is 12.7. The van der Waals surface area contributed by atoms with Crippen LogP contribution in [-0.4, -0.2) is 20.3 Å². The van der Waals surface area contributed by atoms with Gasteiger partial charge < -0.3 is 14.5 Å². The summed E-state index contributed by atoms with van der Waals surface area (Å²) in [5.74, 6) is 3.70. The highest BCUT2D eigenvalue weighted by atomic mass is 16.5. The summed E-state index contributed by atoms with van der Waals surface area (Å²) in [6, 6.07) is 4.25. The first-order chi connectivity index (χ1) is 9.02. The predicted molar refractivity (Wildman–Crippen MR) is 77.2 cm³/mol. The molecule has 2 rings (SSSR count). The summed E-state index contributed by atoms with van der Waals surface area (Å²) < 4.78 is 11.0. The van der Waals surface area contributed by atoms with E-state index in [0.717, 1.165) is 37.8 Å². The zero-order valence-corrected chi connectivity index (χ0v) is 12.7. The first kappa shape index (κ1) is 14.6. The maximum atomic E-state index is 5.89. The summed E-state index contributed by atoms with van der Waals surface area (Å²) in [5.41, 5.74) is 0.260. The van der Waals surface area contributed by atoms with Crippen LogP contribution in [0.25, 0.3) is 0 Å². The van der Waals surface area contributed by atoms with Gasteiger partial charge in [-0.05, 0) is 36.3 Å². The standard InChI is InChI=1S/C16H27NO2/c1-12-9-14(12)15-6-5-13(19-15)10-17-11-16(2,3)7-8-18-4/h5-6,12,14,17H,7-11H2,1-4H3. The maximum absolute atomic E-state index is 5.89. The van der Waals surface area contributed by atoms with E-state index in [1.807, 2.05) is 0 Å². The minimum Gasteiger partial charge on any atom is -0.464 e. The van der Waals surface area contributed by atoms with Gasteiger partial charge in [0.05, 0.1) is 6.54 Å². The Labute approximate surface area is 116 Å². The van der Waals surface area contributed by atoms with Gasteiger partial charge in [0.25, 0.3) is 0 Å². The second kappa shape index (κ2) is 6.10. The number of rotatable bonds is 8. The van der Waals surface area contributed by atoms with Crippen molar-refractivity contribution in [1.29, 1.82) is 0 Å². The summed E-state index contributed by atoms with van der Waals surface area (Å²) in [6.07, 6.45) is 2.35. The van der Waals surface area contributed by atoms with Gasteiger partial charge in [0.1, 0.15) is 11.5 Å². The number of hydrogen-bond acceptors (Lipinski definition) is 3. The van der Waals surface area contributed by atoms with Crippen molar-refractivity contribution in [2.24, 2.45) is 11.3 Å². The Morgan fingerprint density at radius 3 is 2.79 bits per heavy atom. The number of nitrogens with one attached hydrogen (secondary N) is 1. The third kappa shape index (κ3) is 4.36. The number of ether oxygens (including phenoxy) is 1. The van der Waals surface area contributed by atoms with Crippen molar-refractivity contribution in [2.45, 2.75) is 46.1 Å². The summed E-state index contributed by atoms with van der Waals surface area (Å²) in [5, 5.41) is 3.49. The SMILES string of the molecule is COCCC(C)(C)CNCc1ccc(C2CC2C)o1. The Morgan fingerprint density at radius 1 is 1.42 bits per heavy atom. The fourth-order valence-electron chi connectivity index (χ4n) is 2.40. The van der Waals surface area contributed by atoms with Crippen molar-refractivity contribution in [1.82, 2.24) is 5.32 Å². The van der Waals surface area contributed by atoms with Crippen LogP contribution in [0.4, 0.5) is 0 Å². The van der Waals surface area contributed by atoms with Crippen LogP contribution < -0.4 is 5.32 Å². The second-order valence-electron chi connectivity index (χ2n) is 6.63. The largest absolute Gasteiger partial charge is 0.464 e. The molecular formula is C16H27NO2. The van der Waals surface area contributed by atoms with Gasteiger partial charge in [-0.15, -0.1) is 0 Å². The summed E-state index contributed by atoms with van der Waals surface area (Å²) >= 11 is 0. The van der Waals surface area contributed by atoms with Crippen LogP contribution in [0.1, 0.15) is 51.1 Å². The Hall–Kier alpha value is -0.800.